The van der Waals surface area contributed by atoms with Gasteiger partial charge < -0.3 is 9.84 Å². The highest BCUT2D eigenvalue weighted by atomic mass is 35.5. The van der Waals surface area contributed by atoms with Crippen molar-refractivity contribution in [2.75, 3.05) is 6.61 Å². The van der Waals surface area contributed by atoms with E-state index in [1.165, 1.54) is 0 Å². The zero-order valence-corrected chi connectivity index (χ0v) is 9.74. The van der Waals surface area contributed by atoms with Crippen LogP contribution >= 0.6 is 24.2 Å². The molecule has 1 aromatic rings. The number of Topliss-reactive ketones (excluding diaryl/α,β-unsaturated/α-hetero) is 1. The van der Waals surface area contributed by atoms with Crippen LogP contribution in [-0.4, -0.2) is 28.7 Å². The number of carbonyl (C=O) groups excluding carboxylic acids is 1. The second kappa shape index (κ2) is 5.77. The van der Waals surface area contributed by atoms with Crippen LogP contribution in [0.3, 0.4) is 0 Å². The molecule has 16 heavy (non-hydrogen) atoms. The third-order valence-electron chi connectivity index (χ3n) is 1.75. The van der Waals surface area contributed by atoms with Gasteiger partial charge in [-0.2, -0.15) is 12.6 Å². The molecule has 0 aromatic heterocycles. The molecule has 0 radical (unpaired) electrons. The van der Waals surface area contributed by atoms with Crippen LogP contribution in [0.4, 0.5) is 0 Å². The number of ether oxygens (including phenoxy) is 1. The van der Waals surface area contributed by atoms with Crippen molar-refractivity contribution in [3.05, 3.63) is 29.3 Å². The lowest BCUT2D eigenvalue weighted by molar-refractivity contribution is -0.139. The third-order valence-corrected chi connectivity index (χ3v) is 2.57. The van der Waals surface area contributed by atoms with Crippen molar-refractivity contribution >= 4 is 36.0 Å². The fraction of sp³-hybridized carbons (Fsp3) is 0.200. The van der Waals surface area contributed by atoms with Gasteiger partial charge in [-0.25, -0.2) is 0 Å². The highest BCUT2D eigenvalue weighted by molar-refractivity contribution is 7.82. The topological polar surface area (TPSA) is 63.6 Å². The summed E-state index contributed by atoms with van der Waals surface area (Å²) in [7, 11) is 0. The van der Waals surface area contributed by atoms with Crippen molar-refractivity contribution < 1.29 is 19.4 Å². The Kier molecular flexibility index (Phi) is 4.64. The molecule has 0 bridgehead atoms. The molecule has 1 unspecified atom stereocenters. The summed E-state index contributed by atoms with van der Waals surface area (Å²) in [5, 5.41) is 7.52. The molecule has 0 aliphatic heterocycles. The Balaban J connectivity index is 2.56. The lowest BCUT2D eigenvalue weighted by atomic mass is 10.3. The Morgan fingerprint density at radius 3 is 2.62 bits per heavy atom. The Hall–Kier alpha value is -1.20. The number of carboxylic acid groups (broad SMARTS) is 1. The maximum Gasteiger partial charge on any atom is 0.324 e. The number of carbonyl (C=O) groups is 2. The molecule has 1 N–H and O–H groups in total. The predicted molar refractivity (Wildman–Crippen MR) is 62.4 cm³/mol. The van der Waals surface area contributed by atoms with Gasteiger partial charge in [-0.15, -0.1) is 0 Å². The number of thiol groups is 1. The largest absolute Gasteiger partial charge is 0.484 e. The molecule has 0 saturated carbocycles. The molecule has 0 heterocycles. The number of ketones is 1. The van der Waals surface area contributed by atoms with Crippen LogP contribution in [0.15, 0.2) is 24.3 Å². The van der Waals surface area contributed by atoms with Gasteiger partial charge in [0.25, 0.3) is 0 Å². The molecule has 0 aliphatic rings. The summed E-state index contributed by atoms with van der Waals surface area (Å²) in [5.41, 5.74) is 0. The summed E-state index contributed by atoms with van der Waals surface area (Å²) in [6.45, 7) is -0.371. The molecule has 0 amide bonds. The fourth-order valence-corrected chi connectivity index (χ4v) is 1.19. The van der Waals surface area contributed by atoms with Gasteiger partial charge in [0.1, 0.15) is 12.4 Å². The first-order chi connectivity index (χ1) is 7.52. The van der Waals surface area contributed by atoms with Crippen molar-refractivity contribution in [3.8, 4) is 5.75 Å². The van der Waals surface area contributed by atoms with E-state index in [-0.39, 0.29) is 6.61 Å². The molecule has 6 heteroatoms. The average Bonchev–Trinajstić information content (AvgIpc) is 2.26. The second-order valence-corrected chi connectivity index (χ2v) is 3.85. The highest BCUT2D eigenvalue weighted by Gasteiger charge is 2.22. The van der Waals surface area contributed by atoms with E-state index in [1.54, 1.807) is 24.3 Å². The SMILES string of the molecule is O=C(O)C(S)C(=O)COc1ccccc1Cl. The minimum atomic E-state index is -1.37. The first-order valence-corrected chi connectivity index (χ1v) is 5.22. The third kappa shape index (κ3) is 3.43. The summed E-state index contributed by atoms with van der Waals surface area (Å²) < 4.78 is 5.08. The van der Waals surface area contributed by atoms with E-state index >= 15 is 0 Å². The number of rotatable bonds is 5. The number of para-hydroxylation sites is 1. The zero-order valence-electron chi connectivity index (χ0n) is 8.09. The summed E-state index contributed by atoms with van der Waals surface area (Å²) in [5.74, 6) is -1.59. The average molecular weight is 261 g/mol. The summed E-state index contributed by atoms with van der Waals surface area (Å²) >= 11 is 9.41. The Labute approximate surface area is 103 Å². The predicted octanol–water partition coefficient (Wildman–Crippen LogP) is 1.67. The van der Waals surface area contributed by atoms with Gasteiger partial charge in [-0.3, -0.25) is 9.59 Å². The Morgan fingerprint density at radius 1 is 1.44 bits per heavy atom. The minimum absolute atomic E-state index is 0.337. The van der Waals surface area contributed by atoms with Crippen LogP contribution in [-0.2, 0) is 9.59 Å². The summed E-state index contributed by atoms with van der Waals surface area (Å²) in [6, 6.07) is 6.61. The zero-order chi connectivity index (χ0) is 12.1. The van der Waals surface area contributed by atoms with E-state index in [2.05, 4.69) is 12.6 Å². The number of hydrogen-bond acceptors (Lipinski definition) is 4. The maximum absolute atomic E-state index is 11.2. The van der Waals surface area contributed by atoms with Crippen molar-refractivity contribution in [1.29, 1.82) is 0 Å². The molecule has 0 aliphatic carbocycles. The molecule has 0 fully saturated rings. The molecule has 4 nitrogen and oxygen atoms in total. The normalized spacial score (nSPS) is 11.9. The van der Waals surface area contributed by atoms with Crippen molar-refractivity contribution in [1.82, 2.24) is 0 Å². The molecule has 1 rings (SSSR count). The maximum atomic E-state index is 11.2. The van der Waals surface area contributed by atoms with E-state index in [0.717, 1.165) is 0 Å². The molecule has 86 valence electrons. The molecule has 1 aromatic carbocycles. The number of hydrogen-bond donors (Lipinski definition) is 2. The van der Waals surface area contributed by atoms with Crippen molar-refractivity contribution in [2.24, 2.45) is 0 Å². The lowest BCUT2D eigenvalue weighted by Gasteiger charge is -2.08. The standard InChI is InChI=1S/C10H9ClO4S/c11-6-3-1-2-4-8(6)15-5-7(12)9(16)10(13)14/h1-4,9,16H,5H2,(H,13,14). The van der Waals surface area contributed by atoms with Crippen LogP contribution in [0.2, 0.25) is 5.02 Å². The Morgan fingerprint density at radius 2 is 2.06 bits per heavy atom. The molecule has 0 spiro atoms. The number of carboxylic acids is 1. The van der Waals surface area contributed by atoms with Gasteiger partial charge in [0, 0.05) is 0 Å². The van der Waals surface area contributed by atoms with Gasteiger partial charge in [0.05, 0.1) is 5.02 Å². The minimum Gasteiger partial charge on any atom is -0.484 e. The van der Waals surface area contributed by atoms with Gasteiger partial charge in [-0.1, -0.05) is 23.7 Å². The van der Waals surface area contributed by atoms with Crippen LogP contribution in [0.5, 0.6) is 5.75 Å². The summed E-state index contributed by atoms with van der Waals surface area (Å²) in [6.07, 6.45) is 0. The van der Waals surface area contributed by atoms with Crippen molar-refractivity contribution in [3.63, 3.8) is 0 Å². The van der Waals surface area contributed by atoms with E-state index in [9.17, 15) is 9.59 Å². The van der Waals surface area contributed by atoms with E-state index in [4.69, 9.17) is 21.4 Å². The number of halogens is 1. The quantitative estimate of drug-likeness (QED) is 0.624. The summed E-state index contributed by atoms with van der Waals surface area (Å²) in [4.78, 5) is 21.7. The Bertz CT molecular complexity index is 408. The van der Waals surface area contributed by atoms with E-state index < -0.39 is 17.0 Å². The fourth-order valence-electron chi connectivity index (χ4n) is 0.927. The van der Waals surface area contributed by atoms with Crippen LogP contribution in [0, 0.1) is 0 Å². The van der Waals surface area contributed by atoms with Gasteiger partial charge in [0.2, 0.25) is 0 Å². The highest BCUT2D eigenvalue weighted by Crippen LogP contribution is 2.23. The molecular weight excluding hydrogens is 252 g/mol. The van der Waals surface area contributed by atoms with E-state index in [0.29, 0.717) is 10.8 Å². The smallest absolute Gasteiger partial charge is 0.324 e. The second-order valence-electron chi connectivity index (χ2n) is 2.93. The van der Waals surface area contributed by atoms with Gasteiger partial charge in [0.15, 0.2) is 11.0 Å². The van der Waals surface area contributed by atoms with Gasteiger partial charge in [-0.05, 0) is 12.1 Å². The van der Waals surface area contributed by atoms with Crippen LogP contribution in [0.1, 0.15) is 0 Å². The van der Waals surface area contributed by atoms with Crippen molar-refractivity contribution in [2.45, 2.75) is 5.25 Å². The number of aliphatic carboxylic acids is 1. The first-order valence-electron chi connectivity index (χ1n) is 4.33. The number of benzene rings is 1. The molecule has 1 atom stereocenters. The van der Waals surface area contributed by atoms with E-state index in [1.807, 2.05) is 0 Å². The molecular formula is C10H9ClO4S. The lowest BCUT2D eigenvalue weighted by Crippen LogP contribution is -2.29. The monoisotopic (exact) mass is 260 g/mol. The van der Waals surface area contributed by atoms with Gasteiger partial charge >= 0.3 is 5.97 Å². The van der Waals surface area contributed by atoms with Crippen LogP contribution < -0.4 is 4.74 Å². The first kappa shape index (κ1) is 12.9. The van der Waals surface area contributed by atoms with Crippen LogP contribution in [0.25, 0.3) is 0 Å². The molecule has 0 saturated heterocycles.